The molecule has 1 fully saturated rings. The first-order valence-corrected chi connectivity index (χ1v) is 8.67. The largest absolute Gasteiger partial charge is 0.481 e. The van der Waals surface area contributed by atoms with E-state index in [1.807, 2.05) is 24.3 Å². The van der Waals surface area contributed by atoms with E-state index in [2.05, 4.69) is 21.2 Å². The zero-order valence-electron chi connectivity index (χ0n) is 13.5. The molecule has 0 aromatic heterocycles. The molecule has 1 saturated carbocycles. The molecule has 2 unspecified atom stereocenters. The van der Waals surface area contributed by atoms with E-state index in [4.69, 9.17) is 5.11 Å². The van der Waals surface area contributed by atoms with Crippen LogP contribution >= 0.6 is 15.9 Å². The molecular formula is C17H21BrN2O4. The molecule has 0 bridgehead atoms. The highest BCUT2D eigenvalue weighted by Gasteiger charge is 2.41. The van der Waals surface area contributed by atoms with Crippen LogP contribution in [-0.2, 0) is 20.9 Å². The van der Waals surface area contributed by atoms with Crippen LogP contribution in [0.25, 0.3) is 0 Å². The van der Waals surface area contributed by atoms with Crippen LogP contribution in [0.1, 0.15) is 24.8 Å². The zero-order valence-corrected chi connectivity index (χ0v) is 15.1. The van der Waals surface area contributed by atoms with E-state index < -0.39 is 17.8 Å². The van der Waals surface area contributed by atoms with Crippen LogP contribution in [0.15, 0.2) is 28.7 Å². The van der Waals surface area contributed by atoms with Gasteiger partial charge >= 0.3 is 5.97 Å². The number of nitrogens with one attached hydrogen (secondary N) is 1. The lowest BCUT2D eigenvalue weighted by molar-refractivity contribution is -0.152. The SMILES string of the molecule is CN(Cc1ccccc1Br)C(=O)CCNC(=O)C1CCC1C(=O)O. The van der Waals surface area contributed by atoms with Crippen molar-refractivity contribution in [2.75, 3.05) is 13.6 Å². The number of amides is 2. The summed E-state index contributed by atoms with van der Waals surface area (Å²) in [4.78, 5) is 36.6. The van der Waals surface area contributed by atoms with E-state index in [0.29, 0.717) is 19.4 Å². The highest BCUT2D eigenvalue weighted by atomic mass is 79.9. The summed E-state index contributed by atoms with van der Waals surface area (Å²) < 4.78 is 0.947. The fraction of sp³-hybridized carbons (Fsp3) is 0.471. The molecule has 24 heavy (non-hydrogen) atoms. The number of nitrogens with zero attached hydrogens (tertiary/aromatic N) is 1. The van der Waals surface area contributed by atoms with Crippen LogP contribution in [0.3, 0.4) is 0 Å². The fourth-order valence-electron chi connectivity index (χ4n) is 2.69. The Morgan fingerprint density at radius 2 is 1.92 bits per heavy atom. The first kappa shape index (κ1) is 18.4. The lowest BCUT2D eigenvalue weighted by Crippen LogP contribution is -2.44. The second-order valence-corrected chi connectivity index (χ2v) is 6.87. The molecule has 130 valence electrons. The number of carboxylic acid groups (broad SMARTS) is 1. The molecule has 6 nitrogen and oxygen atoms in total. The van der Waals surface area contributed by atoms with Gasteiger partial charge in [0.25, 0.3) is 0 Å². The van der Waals surface area contributed by atoms with E-state index in [9.17, 15) is 14.4 Å². The lowest BCUT2D eigenvalue weighted by Gasteiger charge is -2.31. The number of carboxylic acids is 1. The second-order valence-electron chi connectivity index (χ2n) is 6.01. The summed E-state index contributed by atoms with van der Waals surface area (Å²) in [6.07, 6.45) is 1.33. The third kappa shape index (κ3) is 4.56. The number of rotatable bonds is 7. The van der Waals surface area contributed by atoms with Gasteiger partial charge in [-0.3, -0.25) is 14.4 Å². The standard InChI is InChI=1S/C17H21BrN2O4/c1-20(10-11-4-2-3-5-14(11)18)15(21)8-9-19-16(22)12-6-7-13(12)17(23)24/h2-5,12-13H,6-10H2,1H3,(H,19,22)(H,23,24). The van der Waals surface area contributed by atoms with Gasteiger partial charge < -0.3 is 15.3 Å². The van der Waals surface area contributed by atoms with Crippen molar-refractivity contribution < 1.29 is 19.5 Å². The minimum absolute atomic E-state index is 0.0746. The summed E-state index contributed by atoms with van der Waals surface area (Å²) in [5.74, 6) is -2.32. The van der Waals surface area contributed by atoms with Crippen molar-refractivity contribution in [2.45, 2.75) is 25.8 Å². The maximum Gasteiger partial charge on any atom is 0.307 e. The summed E-state index contributed by atoms with van der Waals surface area (Å²) in [6.45, 7) is 0.707. The van der Waals surface area contributed by atoms with Crippen LogP contribution in [0.5, 0.6) is 0 Å². The van der Waals surface area contributed by atoms with Gasteiger partial charge in [0.05, 0.1) is 11.8 Å². The van der Waals surface area contributed by atoms with Crippen molar-refractivity contribution in [2.24, 2.45) is 11.8 Å². The molecule has 1 aromatic carbocycles. The Hall–Kier alpha value is -1.89. The molecular weight excluding hydrogens is 376 g/mol. The van der Waals surface area contributed by atoms with Gasteiger partial charge in [0.15, 0.2) is 0 Å². The predicted octanol–water partition coefficient (Wildman–Crippen LogP) is 2.02. The van der Waals surface area contributed by atoms with Gasteiger partial charge in [-0.1, -0.05) is 34.1 Å². The van der Waals surface area contributed by atoms with Crippen LogP contribution in [-0.4, -0.2) is 41.4 Å². The van der Waals surface area contributed by atoms with E-state index in [1.165, 1.54) is 0 Å². The molecule has 0 saturated heterocycles. The Morgan fingerprint density at radius 1 is 1.25 bits per heavy atom. The summed E-state index contributed by atoms with van der Waals surface area (Å²) in [6, 6.07) is 7.69. The third-order valence-corrected chi connectivity index (χ3v) is 5.13. The number of hydrogen-bond donors (Lipinski definition) is 2. The van der Waals surface area contributed by atoms with E-state index in [0.717, 1.165) is 10.0 Å². The average Bonchev–Trinajstić information content (AvgIpc) is 2.47. The van der Waals surface area contributed by atoms with Gasteiger partial charge in [0.2, 0.25) is 11.8 Å². The summed E-state index contributed by atoms with van der Waals surface area (Å²) >= 11 is 3.45. The third-order valence-electron chi connectivity index (χ3n) is 4.36. The number of aliphatic carboxylic acids is 1. The molecule has 1 aliphatic rings. The molecule has 2 N–H and O–H groups in total. The lowest BCUT2D eigenvalue weighted by atomic mass is 9.73. The first-order chi connectivity index (χ1) is 11.4. The number of carbonyl (C=O) groups excluding carboxylic acids is 2. The number of halogens is 1. The van der Waals surface area contributed by atoms with Gasteiger partial charge in [0.1, 0.15) is 0 Å². The first-order valence-electron chi connectivity index (χ1n) is 7.88. The Labute approximate surface area is 149 Å². The average molecular weight is 397 g/mol. The van der Waals surface area contributed by atoms with Gasteiger partial charge in [-0.2, -0.15) is 0 Å². The minimum atomic E-state index is -0.925. The Kier molecular flexibility index (Phi) is 6.36. The van der Waals surface area contributed by atoms with Crippen molar-refractivity contribution in [1.29, 1.82) is 0 Å². The van der Waals surface area contributed by atoms with Gasteiger partial charge in [-0.15, -0.1) is 0 Å². The fourth-order valence-corrected chi connectivity index (χ4v) is 3.10. The topological polar surface area (TPSA) is 86.7 Å². The minimum Gasteiger partial charge on any atom is -0.481 e. The maximum absolute atomic E-state index is 12.1. The zero-order chi connectivity index (χ0) is 17.7. The predicted molar refractivity (Wildman–Crippen MR) is 92.1 cm³/mol. The van der Waals surface area contributed by atoms with E-state index >= 15 is 0 Å². The van der Waals surface area contributed by atoms with Crippen molar-refractivity contribution in [3.05, 3.63) is 34.3 Å². The second kappa shape index (κ2) is 8.28. The molecule has 0 radical (unpaired) electrons. The molecule has 2 amide bonds. The van der Waals surface area contributed by atoms with Crippen molar-refractivity contribution in [3.63, 3.8) is 0 Å². The molecule has 2 atom stereocenters. The Morgan fingerprint density at radius 3 is 2.50 bits per heavy atom. The van der Waals surface area contributed by atoms with Crippen molar-refractivity contribution in [1.82, 2.24) is 10.2 Å². The Bertz CT molecular complexity index is 635. The number of benzene rings is 1. The van der Waals surface area contributed by atoms with Crippen molar-refractivity contribution in [3.8, 4) is 0 Å². The molecule has 1 aliphatic carbocycles. The monoisotopic (exact) mass is 396 g/mol. The maximum atomic E-state index is 12.1. The number of hydrogen-bond acceptors (Lipinski definition) is 3. The smallest absolute Gasteiger partial charge is 0.307 e. The van der Waals surface area contributed by atoms with Crippen LogP contribution < -0.4 is 5.32 Å². The molecule has 0 aliphatic heterocycles. The highest BCUT2D eigenvalue weighted by Crippen LogP contribution is 2.34. The molecule has 7 heteroatoms. The normalized spacial score (nSPS) is 19.2. The van der Waals surface area contributed by atoms with Crippen LogP contribution in [0.4, 0.5) is 0 Å². The summed E-state index contributed by atoms with van der Waals surface area (Å²) in [5.41, 5.74) is 1.01. The van der Waals surface area contributed by atoms with Crippen LogP contribution in [0.2, 0.25) is 0 Å². The van der Waals surface area contributed by atoms with E-state index in [-0.39, 0.29) is 24.8 Å². The molecule has 2 rings (SSSR count). The number of carbonyl (C=O) groups is 3. The molecule has 0 spiro atoms. The van der Waals surface area contributed by atoms with Crippen LogP contribution in [0, 0.1) is 11.8 Å². The highest BCUT2D eigenvalue weighted by molar-refractivity contribution is 9.10. The van der Waals surface area contributed by atoms with Crippen molar-refractivity contribution >= 4 is 33.7 Å². The van der Waals surface area contributed by atoms with E-state index in [1.54, 1.807) is 11.9 Å². The quantitative estimate of drug-likeness (QED) is 0.737. The Balaban J connectivity index is 1.74. The summed E-state index contributed by atoms with van der Waals surface area (Å²) in [7, 11) is 1.72. The van der Waals surface area contributed by atoms with Gasteiger partial charge in [-0.05, 0) is 24.5 Å². The van der Waals surface area contributed by atoms with Gasteiger partial charge in [0, 0.05) is 31.0 Å². The van der Waals surface area contributed by atoms with Gasteiger partial charge in [-0.25, -0.2) is 0 Å². The molecule has 1 aromatic rings. The summed E-state index contributed by atoms with van der Waals surface area (Å²) in [5, 5.41) is 11.6. The molecule has 0 heterocycles.